The number of nitro benzene ring substituents is 1. The predicted molar refractivity (Wildman–Crippen MR) is 68.5 cm³/mol. The van der Waals surface area contributed by atoms with Gasteiger partial charge in [0, 0.05) is 22.7 Å². The Labute approximate surface area is 116 Å². The van der Waals surface area contributed by atoms with Gasteiger partial charge < -0.3 is 0 Å². The maximum absolute atomic E-state index is 12.9. The first-order valence-electron chi connectivity index (χ1n) is 5.41. The van der Waals surface area contributed by atoms with Gasteiger partial charge in [0.2, 0.25) is 0 Å². The van der Waals surface area contributed by atoms with Crippen LogP contribution in [-0.4, -0.2) is 4.92 Å². The third kappa shape index (κ3) is 2.75. The molecule has 0 bridgehead atoms. The number of hydrogen-bond donors (Lipinski definition) is 0. The summed E-state index contributed by atoms with van der Waals surface area (Å²) in [6, 6.07) is 8.19. The maximum Gasteiger partial charge on any atom is 0.417 e. The van der Waals surface area contributed by atoms with E-state index < -0.39 is 16.7 Å². The lowest BCUT2D eigenvalue weighted by Gasteiger charge is -2.13. The number of benzene rings is 2. The summed E-state index contributed by atoms with van der Waals surface area (Å²) in [5, 5.41) is 10.7. The highest BCUT2D eigenvalue weighted by Crippen LogP contribution is 2.40. The van der Waals surface area contributed by atoms with Crippen LogP contribution in [0.2, 0.25) is 5.02 Å². The average Bonchev–Trinajstić information content (AvgIpc) is 2.38. The Bertz CT molecular complexity index is 671. The maximum atomic E-state index is 12.9. The first-order chi connectivity index (χ1) is 9.30. The summed E-state index contributed by atoms with van der Waals surface area (Å²) in [6.07, 6.45) is -4.56. The number of hydrogen-bond acceptors (Lipinski definition) is 2. The Morgan fingerprint density at radius 1 is 1.05 bits per heavy atom. The van der Waals surface area contributed by atoms with E-state index in [4.69, 9.17) is 11.6 Å². The van der Waals surface area contributed by atoms with Crippen molar-refractivity contribution >= 4 is 17.3 Å². The Kier molecular flexibility index (Phi) is 3.67. The average molecular weight is 302 g/mol. The van der Waals surface area contributed by atoms with Gasteiger partial charge in [0.25, 0.3) is 5.69 Å². The summed E-state index contributed by atoms with van der Waals surface area (Å²) in [6.45, 7) is 0. The van der Waals surface area contributed by atoms with E-state index in [1.807, 2.05) is 0 Å². The molecule has 0 fully saturated rings. The second-order valence-electron chi connectivity index (χ2n) is 3.96. The molecule has 0 amide bonds. The lowest BCUT2D eigenvalue weighted by atomic mass is 9.99. The zero-order valence-corrected chi connectivity index (χ0v) is 10.6. The van der Waals surface area contributed by atoms with Gasteiger partial charge >= 0.3 is 6.18 Å². The molecule has 0 aromatic heterocycles. The van der Waals surface area contributed by atoms with E-state index in [0.29, 0.717) is 0 Å². The number of nitro groups is 1. The summed E-state index contributed by atoms with van der Waals surface area (Å²) in [5.74, 6) is 0. The topological polar surface area (TPSA) is 43.1 Å². The van der Waals surface area contributed by atoms with Gasteiger partial charge in [-0.05, 0) is 17.7 Å². The van der Waals surface area contributed by atoms with Crippen LogP contribution in [0.15, 0.2) is 42.5 Å². The summed E-state index contributed by atoms with van der Waals surface area (Å²) >= 11 is 5.87. The van der Waals surface area contributed by atoms with Crippen molar-refractivity contribution in [2.45, 2.75) is 6.18 Å². The second-order valence-corrected chi connectivity index (χ2v) is 4.37. The lowest BCUT2D eigenvalue weighted by molar-refractivity contribution is -0.384. The first kappa shape index (κ1) is 14.3. The molecule has 0 saturated heterocycles. The summed E-state index contributed by atoms with van der Waals surface area (Å²) < 4.78 is 38.8. The molecule has 0 aliphatic heterocycles. The molecule has 7 heteroatoms. The van der Waals surface area contributed by atoms with E-state index in [1.54, 1.807) is 0 Å². The number of non-ortho nitro benzene ring substituents is 1. The molecule has 2 aromatic carbocycles. The normalized spacial score (nSPS) is 11.4. The minimum absolute atomic E-state index is 0.0196. The highest BCUT2D eigenvalue weighted by atomic mass is 35.5. The molecular formula is C13H7ClF3NO2. The number of alkyl halides is 3. The smallest absolute Gasteiger partial charge is 0.258 e. The highest BCUT2D eigenvalue weighted by Gasteiger charge is 2.34. The van der Waals surface area contributed by atoms with Crippen LogP contribution in [0.1, 0.15) is 5.56 Å². The predicted octanol–water partition coefficient (Wildman–Crippen LogP) is 4.93. The van der Waals surface area contributed by atoms with Gasteiger partial charge in [0.1, 0.15) is 0 Å². The van der Waals surface area contributed by atoms with E-state index in [0.717, 1.165) is 18.2 Å². The minimum Gasteiger partial charge on any atom is -0.258 e. The zero-order chi connectivity index (χ0) is 14.9. The molecule has 0 aliphatic carbocycles. The van der Waals surface area contributed by atoms with Crippen molar-refractivity contribution in [1.82, 2.24) is 0 Å². The Balaban J connectivity index is 2.69. The van der Waals surface area contributed by atoms with Gasteiger partial charge in [0.05, 0.1) is 10.5 Å². The van der Waals surface area contributed by atoms with Gasteiger partial charge in [-0.1, -0.05) is 29.8 Å². The van der Waals surface area contributed by atoms with Crippen molar-refractivity contribution in [1.29, 1.82) is 0 Å². The third-order valence-electron chi connectivity index (χ3n) is 2.68. The first-order valence-corrected chi connectivity index (χ1v) is 5.79. The lowest BCUT2D eigenvalue weighted by Crippen LogP contribution is -2.07. The molecule has 0 unspecified atom stereocenters. The standard InChI is InChI=1S/C13H7ClF3NO2/c14-12-6-5-8(18(19)20)7-10(12)9-3-1-2-4-11(9)13(15,16)17/h1-7H. The van der Waals surface area contributed by atoms with E-state index in [-0.39, 0.29) is 21.8 Å². The van der Waals surface area contributed by atoms with E-state index >= 15 is 0 Å². The van der Waals surface area contributed by atoms with Crippen LogP contribution in [0.4, 0.5) is 18.9 Å². The number of rotatable bonds is 2. The fourth-order valence-electron chi connectivity index (χ4n) is 1.80. The molecular weight excluding hydrogens is 295 g/mol. The number of halogens is 4. The van der Waals surface area contributed by atoms with Gasteiger partial charge in [-0.2, -0.15) is 13.2 Å². The molecule has 3 nitrogen and oxygen atoms in total. The molecule has 0 spiro atoms. The molecule has 0 saturated carbocycles. The van der Waals surface area contributed by atoms with Crippen LogP contribution >= 0.6 is 11.6 Å². The van der Waals surface area contributed by atoms with Crippen LogP contribution < -0.4 is 0 Å². The van der Waals surface area contributed by atoms with Crippen molar-refractivity contribution in [3.05, 3.63) is 63.2 Å². The van der Waals surface area contributed by atoms with Crippen LogP contribution in [0.25, 0.3) is 11.1 Å². The third-order valence-corrected chi connectivity index (χ3v) is 3.01. The molecule has 0 heterocycles. The van der Waals surface area contributed by atoms with Crippen molar-refractivity contribution in [2.24, 2.45) is 0 Å². The van der Waals surface area contributed by atoms with Gasteiger partial charge in [-0.3, -0.25) is 10.1 Å². The van der Waals surface area contributed by atoms with Crippen LogP contribution in [0, 0.1) is 10.1 Å². The van der Waals surface area contributed by atoms with E-state index in [1.165, 1.54) is 24.3 Å². The Morgan fingerprint density at radius 2 is 1.70 bits per heavy atom. The highest BCUT2D eigenvalue weighted by molar-refractivity contribution is 6.33. The molecule has 104 valence electrons. The van der Waals surface area contributed by atoms with Crippen molar-refractivity contribution < 1.29 is 18.1 Å². The molecule has 0 N–H and O–H groups in total. The molecule has 0 aliphatic rings. The number of nitrogens with zero attached hydrogens (tertiary/aromatic N) is 1. The van der Waals surface area contributed by atoms with Crippen molar-refractivity contribution in [2.75, 3.05) is 0 Å². The minimum atomic E-state index is -4.56. The van der Waals surface area contributed by atoms with Crippen molar-refractivity contribution in [3.8, 4) is 11.1 Å². The SMILES string of the molecule is O=[N+]([O-])c1ccc(Cl)c(-c2ccccc2C(F)(F)F)c1. The molecule has 2 rings (SSSR count). The van der Waals surface area contributed by atoms with Gasteiger partial charge in [-0.15, -0.1) is 0 Å². The van der Waals surface area contributed by atoms with E-state index in [9.17, 15) is 23.3 Å². The zero-order valence-electron chi connectivity index (χ0n) is 9.82. The van der Waals surface area contributed by atoms with Gasteiger partial charge in [-0.25, -0.2) is 0 Å². The molecule has 2 aromatic rings. The molecule has 20 heavy (non-hydrogen) atoms. The van der Waals surface area contributed by atoms with Gasteiger partial charge in [0.15, 0.2) is 0 Å². The van der Waals surface area contributed by atoms with Crippen LogP contribution in [0.5, 0.6) is 0 Å². The fourth-order valence-corrected chi connectivity index (χ4v) is 2.02. The fraction of sp³-hybridized carbons (Fsp3) is 0.0769. The van der Waals surface area contributed by atoms with Crippen molar-refractivity contribution in [3.63, 3.8) is 0 Å². The summed E-state index contributed by atoms with van der Waals surface area (Å²) in [4.78, 5) is 10.0. The van der Waals surface area contributed by atoms with Crippen LogP contribution in [0.3, 0.4) is 0 Å². The Hall–Kier alpha value is -2.08. The summed E-state index contributed by atoms with van der Waals surface area (Å²) in [5.41, 5.74) is -1.41. The quantitative estimate of drug-likeness (QED) is 0.583. The largest absolute Gasteiger partial charge is 0.417 e. The van der Waals surface area contributed by atoms with Crippen LogP contribution in [-0.2, 0) is 6.18 Å². The molecule has 0 atom stereocenters. The molecule has 0 radical (unpaired) electrons. The second kappa shape index (κ2) is 5.13. The Morgan fingerprint density at radius 3 is 2.30 bits per heavy atom. The summed E-state index contributed by atoms with van der Waals surface area (Å²) in [7, 11) is 0. The monoisotopic (exact) mass is 301 g/mol. The van der Waals surface area contributed by atoms with E-state index in [2.05, 4.69) is 0 Å².